The van der Waals surface area contributed by atoms with Crippen LogP contribution in [0, 0.1) is 0 Å². The second kappa shape index (κ2) is 7.72. The molecular weight excluding hydrogens is 316 g/mol. The van der Waals surface area contributed by atoms with E-state index in [2.05, 4.69) is 52.8 Å². The average molecular weight is 345 g/mol. The van der Waals surface area contributed by atoms with E-state index in [0.717, 1.165) is 22.6 Å². The Bertz CT molecular complexity index is 697. The highest BCUT2D eigenvalue weighted by Gasteiger charge is 2.23. The fourth-order valence-corrected chi connectivity index (χ4v) is 3.68. The Kier molecular flexibility index (Phi) is 6.11. The first-order chi connectivity index (χ1) is 11.3. The Morgan fingerprint density at radius 2 is 1.46 bits per heavy atom. The molecule has 0 saturated heterocycles. The standard InChI is InChI=1S/C22H29ClO/c1-7-18-19(13(2)3)12-20(14(4)5)21(15(6)24)22(18)16-8-10-17(23)11-9-16/h8-15,24H,7H2,1-6H3. The van der Waals surface area contributed by atoms with Crippen LogP contribution in [0.1, 0.15) is 81.7 Å². The molecule has 1 unspecified atom stereocenters. The minimum Gasteiger partial charge on any atom is -0.389 e. The van der Waals surface area contributed by atoms with Crippen molar-refractivity contribution in [1.82, 2.24) is 0 Å². The van der Waals surface area contributed by atoms with Gasteiger partial charge in [-0.05, 0) is 70.7 Å². The summed E-state index contributed by atoms with van der Waals surface area (Å²) in [5.74, 6) is 0.815. The zero-order valence-corrected chi connectivity index (χ0v) is 16.4. The van der Waals surface area contributed by atoms with Crippen molar-refractivity contribution in [3.05, 3.63) is 57.6 Å². The zero-order valence-electron chi connectivity index (χ0n) is 15.7. The van der Waals surface area contributed by atoms with Gasteiger partial charge < -0.3 is 5.11 Å². The van der Waals surface area contributed by atoms with Crippen molar-refractivity contribution in [3.63, 3.8) is 0 Å². The Morgan fingerprint density at radius 3 is 1.88 bits per heavy atom. The van der Waals surface area contributed by atoms with Crippen molar-refractivity contribution >= 4 is 11.6 Å². The van der Waals surface area contributed by atoms with Crippen LogP contribution in [0.2, 0.25) is 5.02 Å². The second-order valence-electron chi connectivity index (χ2n) is 7.17. The van der Waals surface area contributed by atoms with Crippen LogP contribution < -0.4 is 0 Å². The first-order valence-corrected chi connectivity index (χ1v) is 9.29. The molecule has 0 bridgehead atoms. The number of halogens is 1. The molecule has 0 radical (unpaired) electrons. The van der Waals surface area contributed by atoms with Crippen LogP contribution in [0.25, 0.3) is 11.1 Å². The van der Waals surface area contributed by atoms with Crippen LogP contribution in [-0.4, -0.2) is 5.11 Å². The van der Waals surface area contributed by atoms with Crippen molar-refractivity contribution < 1.29 is 5.11 Å². The van der Waals surface area contributed by atoms with Gasteiger partial charge >= 0.3 is 0 Å². The second-order valence-corrected chi connectivity index (χ2v) is 7.60. The SMILES string of the molecule is CCc1c(C(C)C)cc(C(C)C)c(C(C)O)c1-c1ccc(Cl)cc1. The van der Waals surface area contributed by atoms with E-state index in [0.29, 0.717) is 11.8 Å². The minimum absolute atomic E-state index is 0.365. The van der Waals surface area contributed by atoms with Gasteiger partial charge in [-0.3, -0.25) is 0 Å². The molecule has 0 spiro atoms. The Morgan fingerprint density at radius 1 is 0.917 bits per heavy atom. The Hall–Kier alpha value is -1.31. The summed E-state index contributed by atoms with van der Waals surface area (Å²) in [5, 5.41) is 11.3. The molecule has 0 fully saturated rings. The normalized spacial score (nSPS) is 12.9. The van der Waals surface area contributed by atoms with Crippen LogP contribution in [0.15, 0.2) is 30.3 Å². The zero-order chi connectivity index (χ0) is 18.0. The number of hydrogen-bond acceptors (Lipinski definition) is 1. The quantitative estimate of drug-likeness (QED) is 0.627. The van der Waals surface area contributed by atoms with Gasteiger partial charge in [0, 0.05) is 5.02 Å². The van der Waals surface area contributed by atoms with Crippen molar-refractivity contribution in [2.75, 3.05) is 0 Å². The number of aliphatic hydroxyl groups is 1. The van der Waals surface area contributed by atoms with Crippen molar-refractivity contribution in [3.8, 4) is 11.1 Å². The highest BCUT2D eigenvalue weighted by atomic mass is 35.5. The molecule has 0 aliphatic heterocycles. The first kappa shape index (κ1) is 19.0. The van der Waals surface area contributed by atoms with Gasteiger partial charge in [-0.25, -0.2) is 0 Å². The summed E-state index contributed by atoms with van der Waals surface area (Å²) in [6.45, 7) is 12.9. The molecule has 0 amide bonds. The highest BCUT2D eigenvalue weighted by molar-refractivity contribution is 6.30. The maximum atomic E-state index is 10.6. The van der Waals surface area contributed by atoms with Crippen LogP contribution in [0.5, 0.6) is 0 Å². The van der Waals surface area contributed by atoms with Crippen LogP contribution >= 0.6 is 11.6 Å². The summed E-state index contributed by atoms with van der Waals surface area (Å²) in [6.07, 6.45) is 0.448. The summed E-state index contributed by atoms with van der Waals surface area (Å²) < 4.78 is 0. The van der Waals surface area contributed by atoms with Crippen LogP contribution in [-0.2, 0) is 6.42 Å². The summed E-state index contributed by atoms with van der Waals surface area (Å²) in [6, 6.07) is 10.3. The molecule has 1 N–H and O–H groups in total. The smallest absolute Gasteiger partial charge is 0.0770 e. The molecule has 0 aromatic heterocycles. The molecule has 0 heterocycles. The summed E-state index contributed by atoms with van der Waals surface area (Å²) >= 11 is 6.09. The van der Waals surface area contributed by atoms with Crippen molar-refractivity contribution in [1.29, 1.82) is 0 Å². The lowest BCUT2D eigenvalue weighted by Gasteiger charge is -2.27. The van der Waals surface area contributed by atoms with Gasteiger partial charge in [-0.15, -0.1) is 0 Å². The van der Waals surface area contributed by atoms with E-state index in [4.69, 9.17) is 11.6 Å². The summed E-state index contributed by atoms with van der Waals surface area (Å²) in [7, 11) is 0. The van der Waals surface area contributed by atoms with E-state index >= 15 is 0 Å². The van der Waals surface area contributed by atoms with E-state index < -0.39 is 6.10 Å². The monoisotopic (exact) mass is 344 g/mol. The summed E-state index contributed by atoms with van der Waals surface area (Å²) in [4.78, 5) is 0. The van der Waals surface area contributed by atoms with Gasteiger partial charge in [0.1, 0.15) is 0 Å². The molecule has 24 heavy (non-hydrogen) atoms. The molecule has 1 atom stereocenters. The predicted molar refractivity (Wildman–Crippen MR) is 105 cm³/mol. The maximum absolute atomic E-state index is 10.6. The van der Waals surface area contributed by atoms with E-state index in [1.807, 2.05) is 19.1 Å². The third kappa shape index (κ3) is 3.68. The van der Waals surface area contributed by atoms with Gasteiger partial charge in [0.25, 0.3) is 0 Å². The molecule has 1 nitrogen and oxygen atoms in total. The van der Waals surface area contributed by atoms with Crippen LogP contribution in [0.4, 0.5) is 0 Å². The van der Waals surface area contributed by atoms with Gasteiger partial charge in [0.2, 0.25) is 0 Å². The third-order valence-corrected chi connectivity index (χ3v) is 4.94. The highest BCUT2D eigenvalue weighted by Crippen LogP contribution is 2.41. The predicted octanol–water partition coefficient (Wildman–Crippen LogP) is 6.87. The molecule has 0 aliphatic carbocycles. The largest absolute Gasteiger partial charge is 0.389 e. The van der Waals surface area contributed by atoms with E-state index in [1.54, 1.807) is 0 Å². The number of rotatable bonds is 5. The van der Waals surface area contributed by atoms with E-state index in [9.17, 15) is 5.11 Å². The van der Waals surface area contributed by atoms with Gasteiger partial charge in [0.15, 0.2) is 0 Å². The van der Waals surface area contributed by atoms with Crippen molar-refractivity contribution in [2.45, 2.75) is 65.9 Å². The van der Waals surface area contributed by atoms with Gasteiger partial charge in [-0.1, -0.05) is 64.4 Å². The first-order valence-electron chi connectivity index (χ1n) is 8.91. The van der Waals surface area contributed by atoms with E-state index in [-0.39, 0.29) is 0 Å². The molecule has 2 aromatic rings. The lowest BCUT2D eigenvalue weighted by molar-refractivity contribution is 0.198. The molecule has 2 aromatic carbocycles. The van der Waals surface area contributed by atoms with Gasteiger partial charge in [-0.2, -0.15) is 0 Å². The number of hydrogen-bond donors (Lipinski definition) is 1. The van der Waals surface area contributed by atoms with E-state index in [1.165, 1.54) is 22.3 Å². The molecule has 130 valence electrons. The molecule has 0 aliphatic rings. The number of benzene rings is 2. The lowest BCUT2D eigenvalue weighted by Crippen LogP contribution is -2.10. The maximum Gasteiger partial charge on any atom is 0.0770 e. The van der Waals surface area contributed by atoms with Crippen molar-refractivity contribution in [2.24, 2.45) is 0 Å². The summed E-state index contributed by atoms with van der Waals surface area (Å²) in [5.41, 5.74) is 7.36. The molecular formula is C22H29ClO. The topological polar surface area (TPSA) is 20.2 Å². The molecule has 2 heteroatoms. The van der Waals surface area contributed by atoms with Crippen LogP contribution in [0.3, 0.4) is 0 Å². The minimum atomic E-state index is -0.500. The third-order valence-electron chi connectivity index (χ3n) is 4.69. The fourth-order valence-electron chi connectivity index (χ4n) is 3.55. The Balaban J connectivity index is 2.92. The van der Waals surface area contributed by atoms with Gasteiger partial charge in [0.05, 0.1) is 6.10 Å². The lowest BCUT2D eigenvalue weighted by atomic mass is 9.79. The Labute approximate surface area is 151 Å². The fraction of sp³-hybridized carbons (Fsp3) is 0.455. The molecule has 0 saturated carbocycles. The number of aliphatic hydroxyl groups excluding tert-OH is 1. The average Bonchev–Trinajstić information content (AvgIpc) is 2.53. The molecule has 2 rings (SSSR count).